The molecule has 1 amide bonds. The van der Waals surface area contributed by atoms with Crippen molar-refractivity contribution in [2.24, 2.45) is 0 Å². The molecule has 7 heteroatoms. The van der Waals surface area contributed by atoms with E-state index in [0.29, 0.717) is 10.8 Å². The van der Waals surface area contributed by atoms with E-state index in [9.17, 15) is 14.7 Å². The lowest BCUT2D eigenvalue weighted by Crippen LogP contribution is -2.38. The van der Waals surface area contributed by atoms with Gasteiger partial charge in [0, 0.05) is 10.8 Å². The summed E-state index contributed by atoms with van der Waals surface area (Å²) in [7, 11) is 0. The van der Waals surface area contributed by atoms with Gasteiger partial charge in [-0.2, -0.15) is 0 Å². The minimum Gasteiger partial charge on any atom is -0.505 e. The summed E-state index contributed by atoms with van der Waals surface area (Å²) < 4.78 is 0. The third-order valence-electron chi connectivity index (χ3n) is 2.77. The summed E-state index contributed by atoms with van der Waals surface area (Å²) in [4.78, 5) is 26.5. The summed E-state index contributed by atoms with van der Waals surface area (Å²) in [6.07, 6.45) is 0. The lowest BCUT2D eigenvalue weighted by Gasteiger charge is -2.11. The van der Waals surface area contributed by atoms with Crippen molar-refractivity contribution in [3.63, 3.8) is 0 Å². The number of rotatable bonds is 3. The van der Waals surface area contributed by atoms with Crippen molar-refractivity contribution in [2.75, 3.05) is 0 Å². The summed E-state index contributed by atoms with van der Waals surface area (Å²) in [6, 6.07) is 5.55. The number of carbonyl (C=O) groups is 2. The quantitative estimate of drug-likeness (QED) is 0.750. The van der Waals surface area contributed by atoms with Crippen LogP contribution in [0.15, 0.2) is 24.3 Å². The molecule has 0 aliphatic rings. The zero-order chi connectivity index (χ0) is 14.9. The Labute approximate surface area is 119 Å². The van der Waals surface area contributed by atoms with Gasteiger partial charge in [0.15, 0.2) is 11.4 Å². The number of carbonyl (C=O) groups excluding carboxylic acids is 1. The number of halogens is 1. The van der Waals surface area contributed by atoms with Gasteiger partial charge in [-0.05, 0) is 6.92 Å². The number of carboxylic acid groups (broad SMARTS) is 1. The van der Waals surface area contributed by atoms with Crippen molar-refractivity contribution in [2.45, 2.75) is 13.0 Å². The molecule has 0 saturated carbocycles. The van der Waals surface area contributed by atoms with Gasteiger partial charge in [0.05, 0.1) is 0 Å². The minimum atomic E-state index is -1.19. The molecule has 104 valence electrons. The molecular formula is C13H11ClN2O4. The minimum absolute atomic E-state index is 0.0616. The molecule has 1 atom stereocenters. The van der Waals surface area contributed by atoms with Crippen LogP contribution in [0.1, 0.15) is 17.4 Å². The fraction of sp³-hybridized carbons (Fsp3) is 0.154. The molecule has 0 radical (unpaired) electrons. The fourth-order valence-electron chi connectivity index (χ4n) is 1.69. The maximum atomic E-state index is 11.9. The number of hydrogen-bond acceptors (Lipinski definition) is 4. The number of hydrogen-bond donors (Lipinski definition) is 3. The van der Waals surface area contributed by atoms with Gasteiger partial charge < -0.3 is 15.5 Å². The first-order valence-electron chi connectivity index (χ1n) is 5.72. The molecule has 2 rings (SSSR count). The summed E-state index contributed by atoms with van der Waals surface area (Å²) >= 11 is 5.96. The molecule has 0 saturated heterocycles. The van der Waals surface area contributed by atoms with Crippen molar-refractivity contribution >= 4 is 34.2 Å². The molecule has 0 bridgehead atoms. The van der Waals surface area contributed by atoms with Crippen LogP contribution in [0.25, 0.3) is 10.8 Å². The average Bonchev–Trinajstić information content (AvgIpc) is 2.42. The zero-order valence-corrected chi connectivity index (χ0v) is 11.2. The molecule has 2 aromatic rings. The Morgan fingerprint density at radius 1 is 1.30 bits per heavy atom. The van der Waals surface area contributed by atoms with Crippen LogP contribution in [0.5, 0.6) is 5.75 Å². The van der Waals surface area contributed by atoms with Crippen LogP contribution in [-0.2, 0) is 4.79 Å². The van der Waals surface area contributed by atoms with Crippen LogP contribution in [0.4, 0.5) is 0 Å². The van der Waals surface area contributed by atoms with E-state index < -0.39 is 17.9 Å². The topological polar surface area (TPSA) is 99.5 Å². The monoisotopic (exact) mass is 294 g/mol. The zero-order valence-electron chi connectivity index (χ0n) is 10.4. The lowest BCUT2D eigenvalue weighted by atomic mass is 10.1. The summed E-state index contributed by atoms with van der Waals surface area (Å²) in [6.45, 7) is 1.31. The summed E-state index contributed by atoms with van der Waals surface area (Å²) in [5, 5.41) is 22.0. The number of fused-ring (bicyclic) bond motifs is 1. The molecule has 0 aliphatic carbocycles. The number of pyridine rings is 1. The Morgan fingerprint density at radius 3 is 2.50 bits per heavy atom. The maximum absolute atomic E-state index is 11.9. The van der Waals surface area contributed by atoms with Crippen molar-refractivity contribution in [1.29, 1.82) is 0 Å². The van der Waals surface area contributed by atoms with Gasteiger partial charge in [-0.3, -0.25) is 9.59 Å². The van der Waals surface area contributed by atoms with Crippen LogP contribution < -0.4 is 5.32 Å². The highest BCUT2D eigenvalue weighted by molar-refractivity contribution is 6.34. The molecule has 1 aromatic heterocycles. The fourth-order valence-corrected chi connectivity index (χ4v) is 1.94. The highest BCUT2D eigenvalue weighted by atomic mass is 35.5. The predicted molar refractivity (Wildman–Crippen MR) is 73.0 cm³/mol. The molecule has 1 heterocycles. The molecule has 6 nitrogen and oxygen atoms in total. The number of nitrogens with zero attached hydrogens (tertiary/aromatic N) is 1. The second-order valence-electron chi connectivity index (χ2n) is 4.18. The van der Waals surface area contributed by atoms with E-state index in [-0.39, 0.29) is 16.6 Å². The SMILES string of the molecule is C[C@H](NC(=O)c1nc(Cl)c2ccccc2c1O)C(=O)O. The van der Waals surface area contributed by atoms with Crippen molar-refractivity contribution in [1.82, 2.24) is 10.3 Å². The van der Waals surface area contributed by atoms with Crippen LogP contribution in [0, 0.1) is 0 Å². The second kappa shape index (κ2) is 5.34. The molecule has 0 aliphatic heterocycles. The van der Waals surface area contributed by atoms with Gasteiger partial charge in [-0.25, -0.2) is 4.98 Å². The number of benzene rings is 1. The van der Waals surface area contributed by atoms with Crippen LogP contribution >= 0.6 is 11.6 Å². The molecular weight excluding hydrogens is 284 g/mol. The van der Waals surface area contributed by atoms with E-state index in [1.807, 2.05) is 0 Å². The largest absolute Gasteiger partial charge is 0.505 e. The van der Waals surface area contributed by atoms with E-state index in [1.165, 1.54) is 6.92 Å². The van der Waals surface area contributed by atoms with Gasteiger partial charge in [0.1, 0.15) is 11.2 Å². The van der Waals surface area contributed by atoms with Crippen molar-refractivity contribution in [3.8, 4) is 5.75 Å². The van der Waals surface area contributed by atoms with Gasteiger partial charge >= 0.3 is 5.97 Å². The Morgan fingerprint density at radius 2 is 1.90 bits per heavy atom. The first-order valence-corrected chi connectivity index (χ1v) is 6.10. The Bertz CT molecular complexity index is 702. The van der Waals surface area contributed by atoms with E-state index in [4.69, 9.17) is 16.7 Å². The third-order valence-corrected chi connectivity index (χ3v) is 3.06. The first kappa shape index (κ1) is 14.1. The van der Waals surface area contributed by atoms with Crippen molar-refractivity contribution in [3.05, 3.63) is 35.1 Å². The molecule has 0 unspecified atom stereocenters. The normalized spacial score (nSPS) is 12.1. The molecule has 0 fully saturated rings. The van der Waals surface area contributed by atoms with E-state index in [0.717, 1.165) is 0 Å². The molecule has 0 spiro atoms. The van der Waals surface area contributed by atoms with Crippen LogP contribution in [0.2, 0.25) is 5.15 Å². The number of carboxylic acids is 1. The number of aliphatic carboxylic acids is 1. The Kier molecular flexibility index (Phi) is 3.76. The second-order valence-corrected chi connectivity index (χ2v) is 4.54. The number of aromatic nitrogens is 1. The van der Waals surface area contributed by atoms with E-state index in [1.54, 1.807) is 24.3 Å². The summed E-state index contributed by atoms with van der Waals surface area (Å²) in [5.74, 6) is -2.32. The standard InChI is InChI=1S/C13H11ClN2O4/c1-6(13(19)20)15-12(18)9-10(17)7-4-2-3-5-8(7)11(14)16-9/h2-6,17H,1H3,(H,15,18)(H,19,20)/t6-/m0/s1. The smallest absolute Gasteiger partial charge is 0.325 e. The number of nitrogens with one attached hydrogen (secondary N) is 1. The van der Waals surface area contributed by atoms with Crippen molar-refractivity contribution < 1.29 is 19.8 Å². The van der Waals surface area contributed by atoms with Crippen LogP contribution in [0.3, 0.4) is 0 Å². The Balaban J connectivity index is 2.47. The molecule has 20 heavy (non-hydrogen) atoms. The predicted octanol–water partition coefficient (Wildman–Crippen LogP) is 1.80. The number of amides is 1. The van der Waals surface area contributed by atoms with Gasteiger partial charge in [-0.15, -0.1) is 0 Å². The van der Waals surface area contributed by atoms with Gasteiger partial charge in [-0.1, -0.05) is 35.9 Å². The lowest BCUT2D eigenvalue weighted by molar-refractivity contribution is -0.138. The highest BCUT2D eigenvalue weighted by Crippen LogP contribution is 2.31. The van der Waals surface area contributed by atoms with Gasteiger partial charge in [0.25, 0.3) is 5.91 Å². The van der Waals surface area contributed by atoms with E-state index in [2.05, 4.69) is 10.3 Å². The summed E-state index contributed by atoms with van der Waals surface area (Å²) in [5.41, 5.74) is -0.304. The van der Waals surface area contributed by atoms with E-state index >= 15 is 0 Å². The Hall–Kier alpha value is -2.34. The molecule has 1 aromatic carbocycles. The highest BCUT2D eigenvalue weighted by Gasteiger charge is 2.21. The van der Waals surface area contributed by atoms with Crippen LogP contribution in [-0.4, -0.2) is 33.1 Å². The maximum Gasteiger partial charge on any atom is 0.325 e. The average molecular weight is 295 g/mol. The third kappa shape index (κ3) is 2.50. The van der Waals surface area contributed by atoms with Gasteiger partial charge in [0.2, 0.25) is 0 Å². The first-order chi connectivity index (χ1) is 9.41. The number of aromatic hydroxyl groups is 1. The molecule has 3 N–H and O–H groups in total.